The summed E-state index contributed by atoms with van der Waals surface area (Å²) in [4.78, 5) is 21.4. The van der Waals surface area contributed by atoms with E-state index in [2.05, 4.69) is 27.5 Å². The molecule has 0 saturated carbocycles. The number of aryl methyl sites for hydroxylation is 2. The molecular formula is C36H61N4O+. The lowest BCUT2D eigenvalue weighted by molar-refractivity contribution is -0.607. The molecule has 2 aromatic rings. The molecule has 41 heavy (non-hydrogen) atoms. The van der Waals surface area contributed by atoms with Crippen molar-refractivity contribution in [1.29, 1.82) is 0 Å². The van der Waals surface area contributed by atoms with E-state index in [1.807, 2.05) is 36.9 Å². The molecule has 0 atom stereocenters. The number of nitrogens with zero attached hydrogens (tertiary/aromatic N) is 3. The molecular weight excluding hydrogens is 504 g/mol. The van der Waals surface area contributed by atoms with Crippen molar-refractivity contribution in [2.24, 2.45) is 0 Å². The van der Waals surface area contributed by atoms with Gasteiger partial charge in [-0.2, -0.15) is 5.43 Å². The van der Waals surface area contributed by atoms with E-state index in [0.29, 0.717) is 6.54 Å². The smallest absolute Gasteiger partial charge is 0.225 e. The Morgan fingerprint density at radius 3 is 1.24 bits per heavy atom. The summed E-state index contributed by atoms with van der Waals surface area (Å²) in [6, 6.07) is 8.42. The fourth-order valence-electron chi connectivity index (χ4n) is 5.60. The van der Waals surface area contributed by atoms with Gasteiger partial charge in [-0.25, -0.2) is 0 Å². The molecule has 0 fully saturated rings. The zero-order valence-electron chi connectivity index (χ0n) is 26.3. The molecule has 5 nitrogen and oxygen atoms in total. The molecule has 0 saturated heterocycles. The van der Waals surface area contributed by atoms with E-state index >= 15 is 0 Å². The molecule has 230 valence electrons. The summed E-state index contributed by atoms with van der Waals surface area (Å²) in [6.45, 7) is 1.45. The molecule has 0 aliphatic carbocycles. The Bertz CT molecular complexity index is 830. The molecule has 0 spiro atoms. The van der Waals surface area contributed by atoms with Gasteiger partial charge in [0.05, 0.1) is 11.5 Å². The first-order valence-electron chi connectivity index (χ1n) is 17.3. The van der Waals surface area contributed by atoms with Gasteiger partial charge >= 0.3 is 0 Å². The van der Waals surface area contributed by atoms with Crippen molar-refractivity contribution >= 4 is 0 Å². The Labute approximate surface area is 252 Å². The Balaban J connectivity index is 1.20. The predicted octanol–water partition coefficient (Wildman–Crippen LogP) is 10.1. The maximum atomic E-state index is 12.0. The van der Waals surface area contributed by atoms with Crippen LogP contribution in [0.3, 0.4) is 0 Å². The average Bonchev–Trinajstić information content (AvgIpc) is 3.00. The summed E-state index contributed by atoms with van der Waals surface area (Å²) in [6.07, 6.45) is 38.7. The normalized spacial score (nSPS) is 11.1. The number of aromatic nitrogens is 2. The van der Waals surface area contributed by atoms with Crippen LogP contribution in [-0.4, -0.2) is 27.9 Å². The van der Waals surface area contributed by atoms with E-state index in [1.54, 1.807) is 0 Å². The Kier molecular flexibility index (Phi) is 22.6. The molecule has 0 bridgehead atoms. The topological polar surface area (TPSA) is 57.9 Å². The molecule has 0 amide bonds. The molecule has 0 aliphatic rings. The summed E-state index contributed by atoms with van der Waals surface area (Å²) in [7, 11) is 0. The molecule has 0 aromatic carbocycles. The summed E-state index contributed by atoms with van der Waals surface area (Å²) >= 11 is 0. The van der Waals surface area contributed by atoms with Gasteiger partial charge in [0, 0.05) is 31.2 Å². The number of unbranched alkanes of at least 4 members (excludes halogenated alkanes) is 20. The van der Waals surface area contributed by atoms with E-state index in [4.69, 9.17) is 0 Å². The van der Waals surface area contributed by atoms with Gasteiger partial charge in [-0.3, -0.25) is 9.97 Å². The first kappa shape index (κ1) is 34.9. The third-order valence-corrected chi connectivity index (χ3v) is 8.20. The first-order valence-corrected chi connectivity index (χ1v) is 17.3. The van der Waals surface area contributed by atoms with Gasteiger partial charge in [-0.05, 0) is 61.8 Å². The monoisotopic (exact) mass is 565 g/mol. The third kappa shape index (κ3) is 22.0. The van der Waals surface area contributed by atoms with Gasteiger partial charge in [0.2, 0.25) is 6.54 Å². The van der Waals surface area contributed by atoms with Crippen LogP contribution in [0.25, 0.3) is 0 Å². The summed E-state index contributed by atoms with van der Waals surface area (Å²) in [5, 5.41) is 0. The minimum Gasteiger partial charge on any atom is -0.264 e. The highest BCUT2D eigenvalue weighted by Crippen LogP contribution is 2.14. The number of hydrazine groups is 1. The van der Waals surface area contributed by atoms with Crippen molar-refractivity contribution in [3.63, 3.8) is 0 Å². The molecule has 0 radical (unpaired) electrons. The average molecular weight is 566 g/mol. The highest BCUT2D eigenvalue weighted by atomic mass is 16.3. The SMILES string of the molecule is O=[N+](CCCCCCCCCCCCCc1cccnc1)NCCCCCCCCCCCCCc1cccnc1. The fraction of sp³-hybridized carbons (Fsp3) is 0.722. The lowest BCUT2D eigenvalue weighted by Gasteiger charge is -2.04. The summed E-state index contributed by atoms with van der Waals surface area (Å²) < 4.78 is 0. The minimum atomic E-state index is 0.627. The number of nitroso groups, excluding NO2 is 1. The van der Waals surface area contributed by atoms with E-state index in [0.717, 1.165) is 24.3 Å². The van der Waals surface area contributed by atoms with Crippen LogP contribution in [0.4, 0.5) is 0 Å². The number of rotatable bonds is 29. The van der Waals surface area contributed by atoms with Crippen molar-refractivity contribution in [1.82, 2.24) is 15.4 Å². The molecule has 5 heteroatoms. The highest BCUT2D eigenvalue weighted by molar-refractivity contribution is 5.08. The number of nitrogens with one attached hydrogen (secondary N) is 1. The van der Waals surface area contributed by atoms with Gasteiger partial charge in [0.15, 0.2) is 0 Å². The zero-order valence-corrected chi connectivity index (χ0v) is 26.3. The quantitative estimate of drug-likeness (QED) is 0.0605. The van der Waals surface area contributed by atoms with Crippen molar-refractivity contribution in [3.8, 4) is 0 Å². The van der Waals surface area contributed by atoms with Crippen LogP contribution in [0.2, 0.25) is 0 Å². The number of pyridine rings is 2. The van der Waals surface area contributed by atoms with Crippen molar-refractivity contribution in [2.75, 3.05) is 13.1 Å². The van der Waals surface area contributed by atoms with Crippen LogP contribution in [0.1, 0.15) is 152 Å². The van der Waals surface area contributed by atoms with Crippen LogP contribution in [-0.2, 0) is 12.8 Å². The second-order valence-electron chi connectivity index (χ2n) is 12.0. The van der Waals surface area contributed by atoms with Crippen molar-refractivity contribution < 1.29 is 4.87 Å². The van der Waals surface area contributed by atoms with Crippen LogP contribution in [0.15, 0.2) is 49.1 Å². The van der Waals surface area contributed by atoms with Crippen molar-refractivity contribution in [3.05, 3.63) is 65.1 Å². The second kappa shape index (κ2) is 26.6. The fourth-order valence-corrected chi connectivity index (χ4v) is 5.60. The zero-order chi connectivity index (χ0) is 28.9. The van der Waals surface area contributed by atoms with E-state index < -0.39 is 0 Å². The van der Waals surface area contributed by atoms with Crippen LogP contribution in [0, 0.1) is 4.91 Å². The molecule has 2 heterocycles. The molecule has 0 aliphatic heterocycles. The lowest BCUT2D eigenvalue weighted by Crippen LogP contribution is -2.28. The van der Waals surface area contributed by atoms with E-state index in [1.165, 1.54) is 152 Å². The van der Waals surface area contributed by atoms with Gasteiger partial charge in [-0.1, -0.05) is 121 Å². The largest absolute Gasteiger partial charge is 0.264 e. The van der Waals surface area contributed by atoms with Gasteiger partial charge in [-0.15, -0.1) is 0 Å². The number of hydrogen-bond acceptors (Lipinski definition) is 3. The molecule has 2 aromatic heterocycles. The van der Waals surface area contributed by atoms with E-state index in [9.17, 15) is 4.91 Å². The molecule has 0 unspecified atom stereocenters. The summed E-state index contributed by atoms with van der Waals surface area (Å²) in [5.74, 6) is 0. The summed E-state index contributed by atoms with van der Waals surface area (Å²) in [5.41, 5.74) is 5.78. The van der Waals surface area contributed by atoms with Crippen LogP contribution < -0.4 is 5.43 Å². The Morgan fingerprint density at radius 2 is 0.854 bits per heavy atom. The maximum Gasteiger partial charge on any atom is 0.225 e. The van der Waals surface area contributed by atoms with Crippen molar-refractivity contribution in [2.45, 2.75) is 154 Å². The van der Waals surface area contributed by atoms with Crippen LogP contribution in [0.5, 0.6) is 0 Å². The number of hydrogen-bond donors (Lipinski definition) is 1. The molecule has 1 N–H and O–H groups in total. The van der Waals surface area contributed by atoms with Crippen LogP contribution >= 0.6 is 0 Å². The first-order chi connectivity index (χ1) is 20.3. The third-order valence-electron chi connectivity index (χ3n) is 8.20. The minimum absolute atomic E-state index is 0.627. The lowest BCUT2D eigenvalue weighted by atomic mass is 10.0. The standard InChI is InChI=1S/C36H61N4O/c41-40(32-22-18-14-10-6-2-4-8-12-16-20-26-36-28-24-30-38-34-36)39-31-21-17-13-9-5-1-3-7-11-15-19-25-35-27-23-29-37-33-35/h23-24,27-30,33-34H,1-22,25-26,31-32H2,(H,39,41)/q+1. The van der Waals surface area contributed by atoms with Gasteiger partial charge in [0.1, 0.15) is 4.87 Å². The molecule has 2 rings (SSSR count). The Morgan fingerprint density at radius 1 is 0.488 bits per heavy atom. The second-order valence-corrected chi connectivity index (χ2v) is 12.0. The van der Waals surface area contributed by atoms with E-state index in [-0.39, 0.29) is 0 Å². The predicted molar refractivity (Wildman–Crippen MR) is 174 cm³/mol. The highest BCUT2D eigenvalue weighted by Gasteiger charge is 2.06. The van der Waals surface area contributed by atoms with Gasteiger partial charge < -0.3 is 0 Å². The van der Waals surface area contributed by atoms with Gasteiger partial charge in [0.25, 0.3) is 0 Å². The Hall–Kier alpha value is -2.30. The maximum absolute atomic E-state index is 12.0.